The van der Waals surface area contributed by atoms with Gasteiger partial charge in [0.1, 0.15) is 4.49 Å². The Morgan fingerprint density at radius 3 is 2.00 bits per heavy atom. The SMILES string of the molecule is O=S(=O)(Cl)CC=C(Cl)Cl. The zero-order valence-corrected chi connectivity index (χ0v) is 7.23. The summed E-state index contributed by atoms with van der Waals surface area (Å²) in [6.45, 7) is 0. The smallest absolute Gasteiger partial charge is 0.212 e. The average molecular weight is 209 g/mol. The van der Waals surface area contributed by atoms with Crippen LogP contribution < -0.4 is 0 Å². The summed E-state index contributed by atoms with van der Waals surface area (Å²) in [4.78, 5) is 0. The monoisotopic (exact) mass is 208 g/mol. The van der Waals surface area contributed by atoms with E-state index < -0.39 is 9.05 Å². The zero-order valence-electron chi connectivity index (χ0n) is 4.14. The van der Waals surface area contributed by atoms with Crippen molar-refractivity contribution in [3.05, 3.63) is 10.6 Å². The molecule has 0 aromatic rings. The van der Waals surface area contributed by atoms with E-state index in [0.717, 1.165) is 6.08 Å². The summed E-state index contributed by atoms with van der Waals surface area (Å²) >= 11 is 10.2. The molecule has 0 atom stereocenters. The topological polar surface area (TPSA) is 34.1 Å². The van der Waals surface area contributed by atoms with Crippen LogP contribution in [0.2, 0.25) is 0 Å². The molecule has 9 heavy (non-hydrogen) atoms. The summed E-state index contributed by atoms with van der Waals surface area (Å²) in [5, 5.41) is 0. The van der Waals surface area contributed by atoms with E-state index in [4.69, 9.17) is 33.9 Å². The quantitative estimate of drug-likeness (QED) is 0.651. The first-order valence-electron chi connectivity index (χ1n) is 1.85. The third-order valence-corrected chi connectivity index (χ3v) is 1.69. The van der Waals surface area contributed by atoms with Crippen LogP contribution in [0, 0.1) is 0 Å². The summed E-state index contributed by atoms with van der Waals surface area (Å²) in [5.41, 5.74) is 0. The molecule has 0 fully saturated rings. The van der Waals surface area contributed by atoms with Crippen molar-refractivity contribution in [3.8, 4) is 0 Å². The van der Waals surface area contributed by atoms with E-state index in [1.807, 2.05) is 0 Å². The Morgan fingerprint density at radius 1 is 1.44 bits per heavy atom. The first-order chi connectivity index (χ1) is 3.92. The van der Waals surface area contributed by atoms with Gasteiger partial charge in [0.15, 0.2) is 0 Å². The Labute approximate surface area is 67.8 Å². The maximum atomic E-state index is 10.1. The van der Waals surface area contributed by atoms with E-state index >= 15 is 0 Å². The Balaban J connectivity index is 3.95. The molecule has 0 aromatic heterocycles. The largest absolute Gasteiger partial charge is 0.236 e. The van der Waals surface area contributed by atoms with Crippen molar-refractivity contribution >= 4 is 42.9 Å². The van der Waals surface area contributed by atoms with Crippen molar-refractivity contribution in [1.82, 2.24) is 0 Å². The Kier molecular flexibility index (Phi) is 3.89. The number of rotatable bonds is 2. The molecular formula is C3H3Cl3O2S. The molecule has 0 spiro atoms. The normalized spacial score (nSPS) is 11.0. The van der Waals surface area contributed by atoms with Crippen LogP contribution in [0.15, 0.2) is 10.6 Å². The fraction of sp³-hybridized carbons (Fsp3) is 0.333. The van der Waals surface area contributed by atoms with Gasteiger partial charge in [-0.15, -0.1) is 0 Å². The highest BCUT2D eigenvalue weighted by atomic mass is 35.7. The van der Waals surface area contributed by atoms with Crippen molar-refractivity contribution in [2.45, 2.75) is 0 Å². The van der Waals surface area contributed by atoms with Crippen LogP contribution in [0.4, 0.5) is 0 Å². The lowest BCUT2D eigenvalue weighted by atomic mass is 10.8. The maximum Gasteiger partial charge on any atom is 0.236 e. The standard InChI is InChI=1S/C3H3Cl3O2S/c4-3(5)1-2-9(6,7)8/h1H,2H2. The van der Waals surface area contributed by atoms with Crippen LogP contribution in [-0.4, -0.2) is 14.2 Å². The molecule has 0 saturated carbocycles. The Hall–Kier alpha value is 0.560. The number of halogens is 3. The van der Waals surface area contributed by atoms with Gasteiger partial charge in [0, 0.05) is 10.7 Å². The predicted molar refractivity (Wildman–Crippen MR) is 39.4 cm³/mol. The van der Waals surface area contributed by atoms with E-state index in [9.17, 15) is 8.42 Å². The van der Waals surface area contributed by atoms with Gasteiger partial charge in [-0.05, 0) is 6.08 Å². The molecule has 0 aliphatic carbocycles. The van der Waals surface area contributed by atoms with Crippen LogP contribution in [0.1, 0.15) is 0 Å². The molecule has 2 nitrogen and oxygen atoms in total. The maximum absolute atomic E-state index is 10.1. The molecule has 0 N–H and O–H groups in total. The molecule has 0 unspecified atom stereocenters. The summed E-state index contributed by atoms with van der Waals surface area (Å²) in [7, 11) is 1.30. The van der Waals surface area contributed by atoms with Gasteiger partial charge in [-0.3, -0.25) is 0 Å². The van der Waals surface area contributed by atoms with Gasteiger partial charge < -0.3 is 0 Å². The lowest BCUT2D eigenvalue weighted by Crippen LogP contribution is -1.91. The van der Waals surface area contributed by atoms with Gasteiger partial charge in [0.25, 0.3) is 0 Å². The van der Waals surface area contributed by atoms with Gasteiger partial charge >= 0.3 is 0 Å². The minimum Gasteiger partial charge on any atom is -0.212 e. The second-order valence-corrected chi connectivity index (χ2v) is 5.03. The molecule has 0 aromatic carbocycles. The first-order valence-corrected chi connectivity index (χ1v) is 5.09. The molecule has 0 radical (unpaired) electrons. The molecule has 0 heterocycles. The van der Waals surface area contributed by atoms with Crippen molar-refractivity contribution in [2.75, 3.05) is 5.75 Å². The van der Waals surface area contributed by atoms with Crippen LogP contribution in [0.25, 0.3) is 0 Å². The van der Waals surface area contributed by atoms with Crippen molar-refractivity contribution in [2.24, 2.45) is 0 Å². The van der Waals surface area contributed by atoms with Crippen LogP contribution in [0.3, 0.4) is 0 Å². The van der Waals surface area contributed by atoms with E-state index in [0.29, 0.717) is 0 Å². The number of hydrogen-bond acceptors (Lipinski definition) is 2. The highest BCUT2D eigenvalue weighted by Gasteiger charge is 2.00. The van der Waals surface area contributed by atoms with E-state index in [-0.39, 0.29) is 10.2 Å². The molecule has 0 amide bonds. The molecule has 54 valence electrons. The highest BCUT2D eigenvalue weighted by Crippen LogP contribution is 2.07. The minimum atomic E-state index is -3.49. The molecule has 0 bridgehead atoms. The molecule has 0 rings (SSSR count). The first kappa shape index (κ1) is 9.56. The lowest BCUT2D eigenvalue weighted by molar-refractivity contribution is 0.612. The van der Waals surface area contributed by atoms with Gasteiger partial charge in [0.2, 0.25) is 9.05 Å². The van der Waals surface area contributed by atoms with Gasteiger partial charge in [-0.2, -0.15) is 0 Å². The van der Waals surface area contributed by atoms with Crippen molar-refractivity contribution in [1.29, 1.82) is 0 Å². The van der Waals surface area contributed by atoms with Gasteiger partial charge in [-0.1, -0.05) is 23.2 Å². The van der Waals surface area contributed by atoms with E-state index in [1.54, 1.807) is 0 Å². The fourth-order valence-electron chi connectivity index (χ4n) is 0.163. The Morgan fingerprint density at radius 2 is 1.89 bits per heavy atom. The second kappa shape index (κ2) is 3.66. The van der Waals surface area contributed by atoms with Crippen LogP contribution >= 0.6 is 33.9 Å². The molecule has 0 aliphatic heterocycles. The summed E-state index contributed by atoms with van der Waals surface area (Å²) in [6, 6.07) is 0. The van der Waals surface area contributed by atoms with Gasteiger partial charge in [0.05, 0.1) is 5.75 Å². The summed E-state index contributed by atoms with van der Waals surface area (Å²) < 4.78 is 20.2. The van der Waals surface area contributed by atoms with Crippen molar-refractivity contribution in [3.63, 3.8) is 0 Å². The predicted octanol–water partition coefficient (Wildman–Crippen LogP) is 1.87. The third kappa shape index (κ3) is 8.56. The summed E-state index contributed by atoms with van der Waals surface area (Å²) in [5.74, 6) is -0.336. The molecule has 6 heteroatoms. The van der Waals surface area contributed by atoms with Crippen LogP contribution in [-0.2, 0) is 9.05 Å². The van der Waals surface area contributed by atoms with Crippen molar-refractivity contribution < 1.29 is 8.42 Å². The average Bonchev–Trinajstić information content (AvgIpc) is 1.59. The third-order valence-electron chi connectivity index (χ3n) is 0.437. The Bertz CT molecular complexity index is 201. The van der Waals surface area contributed by atoms with E-state index in [1.165, 1.54) is 0 Å². The molecular weight excluding hydrogens is 206 g/mol. The fourth-order valence-corrected chi connectivity index (χ4v) is 1.05. The second-order valence-electron chi connectivity index (χ2n) is 1.20. The highest BCUT2D eigenvalue weighted by molar-refractivity contribution is 8.13. The lowest BCUT2D eigenvalue weighted by Gasteiger charge is -1.84. The molecule has 0 saturated heterocycles. The number of hydrogen-bond donors (Lipinski definition) is 0. The zero-order chi connectivity index (χ0) is 7.49. The minimum absolute atomic E-state index is 0.0979. The van der Waals surface area contributed by atoms with Crippen LogP contribution in [0.5, 0.6) is 0 Å². The molecule has 0 aliphatic rings. The summed E-state index contributed by atoms with van der Waals surface area (Å²) in [6.07, 6.45) is 1.10. The van der Waals surface area contributed by atoms with E-state index in [2.05, 4.69) is 0 Å². The van der Waals surface area contributed by atoms with Gasteiger partial charge in [-0.25, -0.2) is 8.42 Å².